The van der Waals surface area contributed by atoms with Gasteiger partial charge in [0.25, 0.3) is 0 Å². The second-order valence-electron chi connectivity index (χ2n) is 3.33. The predicted octanol–water partition coefficient (Wildman–Crippen LogP) is 3.57. The van der Waals surface area contributed by atoms with Crippen molar-refractivity contribution in [1.82, 2.24) is 9.55 Å². The highest BCUT2D eigenvalue weighted by atomic mass is 79.9. The summed E-state index contributed by atoms with van der Waals surface area (Å²) in [5, 5.41) is 9.35. The van der Waals surface area contributed by atoms with Crippen LogP contribution in [0.3, 0.4) is 0 Å². The summed E-state index contributed by atoms with van der Waals surface area (Å²) in [5.41, 5.74) is 0.905. The van der Waals surface area contributed by atoms with Gasteiger partial charge in [-0.1, -0.05) is 17.8 Å². The molecule has 0 bridgehead atoms. The van der Waals surface area contributed by atoms with Gasteiger partial charge in [-0.05, 0) is 44.0 Å². The number of para-hydroxylation sites is 1. The van der Waals surface area contributed by atoms with E-state index in [1.807, 2.05) is 22.8 Å². The number of halogens is 2. The lowest BCUT2D eigenvalue weighted by atomic mass is 10.3. The van der Waals surface area contributed by atoms with Crippen molar-refractivity contribution in [3.05, 3.63) is 39.5 Å². The van der Waals surface area contributed by atoms with E-state index in [-0.39, 0.29) is 5.75 Å². The summed E-state index contributed by atoms with van der Waals surface area (Å²) >= 11 is 8.14. The number of aromatic nitrogens is 2. The van der Waals surface area contributed by atoms with Gasteiger partial charge in [-0.2, -0.15) is 0 Å². The van der Waals surface area contributed by atoms with Gasteiger partial charge in [0, 0.05) is 21.3 Å². The summed E-state index contributed by atoms with van der Waals surface area (Å²) in [6.07, 6.45) is 3.45. The zero-order valence-corrected chi connectivity index (χ0v) is 13.0. The molecule has 0 saturated carbocycles. The average molecular weight is 392 g/mol. The molecule has 0 saturated heterocycles. The largest absolute Gasteiger partial charge is 0.481 e. The molecule has 0 unspecified atom stereocenters. The summed E-state index contributed by atoms with van der Waals surface area (Å²) in [5.74, 6) is -0.875. The molecule has 94 valence electrons. The van der Waals surface area contributed by atoms with Crippen molar-refractivity contribution >= 4 is 49.6 Å². The maximum absolute atomic E-state index is 10.6. The summed E-state index contributed by atoms with van der Waals surface area (Å²) < 4.78 is 3.67. The van der Waals surface area contributed by atoms with Gasteiger partial charge in [0.05, 0.1) is 11.4 Å². The fourth-order valence-corrected chi connectivity index (χ4v) is 3.47. The Labute approximate surface area is 125 Å². The topological polar surface area (TPSA) is 55.1 Å². The van der Waals surface area contributed by atoms with E-state index in [0.29, 0.717) is 5.16 Å². The second kappa shape index (κ2) is 5.90. The summed E-state index contributed by atoms with van der Waals surface area (Å²) in [6, 6.07) is 5.76. The molecule has 0 aliphatic rings. The number of nitrogens with zero attached hydrogens (tertiary/aromatic N) is 2. The maximum Gasteiger partial charge on any atom is 0.313 e. The second-order valence-corrected chi connectivity index (χ2v) is 5.98. The molecular weight excluding hydrogens is 384 g/mol. The minimum absolute atomic E-state index is 0.0148. The van der Waals surface area contributed by atoms with Crippen LogP contribution >= 0.6 is 43.6 Å². The van der Waals surface area contributed by atoms with E-state index >= 15 is 0 Å². The third-order valence-corrected chi connectivity index (χ3v) is 4.34. The summed E-state index contributed by atoms with van der Waals surface area (Å²) in [6.45, 7) is 0. The van der Waals surface area contributed by atoms with Crippen LogP contribution < -0.4 is 0 Å². The van der Waals surface area contributed by atoms with Crippen LogP contribution in [0.25, 0.3) is 5.69 Å². The molecule has 0 aliphatic heterocycles. The van der Waals surface area contributed by atoms with Gasteiger partial charge in [-0.25, -0.2) is 4.98 Å². The summed E-state index contributed by atoms with van der Waals surface area (Å²) in [7, 11) is 0. The number of rotatable bonds is 4. The van der Waals surface area contributed by atoms with Crippen LogP contribution in [0.15, 0.2) is 44.7 Å². The number of hydrogen-bond donors (Lipinski definition) is 1. The first kappa shape index (κ1) is 13.6. The SMILES string of the molecule is O=C(O)CSc1nccn1-c1c(Br)cccc1Br. The Hall–Kier alpha value is -0.790. The molecule has 4 nitrogen and oxygen atoms in total. The lowest BCUT2D eigenvalue weighted by Gasteiger charge is -2.10. The van der Waals surface area contributed by atoms with Crippen molar-refractivity contribution in [2.45, 2.75) is 5.16 Å². The van der Waals surface area contributed by atoms with Crippen molar-refractivity contribution in [2.24, 2.45) is 0 Å². The van der Waals surface area contributed by atoms with E-state index in [0.717, 1.165) is 14.6 Å². The highest BCUT2D eigenvalue weighted by molar-refractivity contribution is 9.11. The van der Waals surface area contributed by atoms with Gasteiger partial charge < -0.3 is 5.11 Å². The molecule has 1 aromatic carbocycles. The predicted molar refractivity (Wildman–Crippen MR) is 77.3 cm³/mol. The van der Waals surface area contributed by atoms with Crippen LogP contribution in [-0.2, 0) is 4.79 Å². The molecule has 7 heteroatoms. The van der Waals surface area contributed by atoms with Crippen molar-refractivity contribution in [2.75, 3.05) is 5.75 Å². The Morgan fingerprint density at radius 3 is 2.67 bits per heavy atom. The van der Waals surface area contributed by atoms with Gasteiger partial charge in [0.2, 0.25) is 0 Å². The Kier molecular flexibility index (Phi) is 4.47. The van der Waals surface area contributed by atoms with Crippen molar-refractivity contribution in [3.63, 3.8) is 0 Å². The van der Waals surface area contributed by atoms with Gasteiger partial charge in [-0.3, -0.25) is 9.36 Å². The Morgan fingerprint density at radius 1 is 1.39 bits per heavy atom. The molecule has 0 aliphatic carbocycles. The Balaban J connectivity index is 2.39. The molecule has 1 aromatic heterocycles. The maximum atomic E-state index is 10.6. The van der Waals surface area contributed by atoms with Crippen LogP contribution in [0, 0.1) is 0 Å². The number of carboxylic acid groups (broad SMARTS) is 1. The van der Waals surface area contributed by atoms with Gasteiger partial charge in [-0.15, -0.1) is 0 Å². The van der Waals surface area contributed by atoms with E-state index in [2.05, 4.69) is 36.8 Å². The van der Waals surface area contributed by atoms with Crippen molar-refractivity contribution < 1.29 is 9.90 Å². The third kappa shape index (κ3) is 2.96. The number of thioether (sulfide) groups is 1. The lowest BCUT2D eigenvalue weighted by Crippen LogP contribution is -2.02. The lowest BCUT2D eigenvalue weighted by molar-refractivity contribution is -0.133. The smallest absolute Gasteiger partial charge is 0.313 e. The molecule has 0 radical (unpaired) electrons. The zero-order chi connectivity index (χ0) is 13.1. The number of imidazole rings is 1. The van der Waals surface area contributed by atoms with Crippen molar-refractivity contribution in [3.8, 4) is 5.69 Å². The first-order valence-corrected chi connectivity index (χ1v) is 7.49. The fourth-order valence-electron chi connectivity index (χ4n) is 1.41. The molecule has 1 N–H and O–H groups in total. The average Bonchev–Trinajstić information content (AvgIpc) is 2.74. The standard InChI is InChI=1S/C11H8Br2N2O2S/c12-7-2-1-3-8(13)10(7)15-5-4-14-11(15)18-6-9(16)17/h1-5H,6H2,(H,16,17). The third-order valence-electron chi connectivity index (χ3n) is 2.11. The molecule has 2 aromatic rings. The molecule has 18 heavy (non-hydrogen) atoms. The first-order valence-electron chi connectivity index (χ1n) is 4.92. The van der Waals surface area contributed by atoms with E-state index in [4.69, 9.17) is 5.11 Å². The number of carboxylic acids is 1. The minimum atomic E-state index is -0.860. The van der Waals surface area contributed by atoms with Crippen LogP contribution in [0.2, 0.25) is 0 Å². The fraction of sp³-hybridized carbons (Fsp3) is 0.0909. The van der Waals surface area contributed by atoms with Crippen LogP contribution in [0.1, 0.15) is 0 Å². The molecule has 0 atom stereocenters. The Bertz CT molecular complexity index is 566. The molecular formula is C11H8Br2N2O2S. The van der Waals surface area contributed by atoms with Crippen LogP contribution in [-0.4, -0.2) is 26.4 Å². The van der Waals surface area contributed by atoms with E-state index < -0.39 is 5.97 Å². The van der Waals surface area contributed by atoms with Crippen molar-refractivity contribution in [1.29, 1.82) is 0 Å². The quantitative estimate of drug-likeness (QED) is 0.809. The van der Waals surface area contributed by atoms with E-state index in [1.165, 1.54) is 11.8 Å². The van der Waals surface area contributed by atoms with E-state index in [1.54, 1.807) is 12.4 Å². The minimum Gasteiger partial charge on any atom is -0.481 e. The van der Waals surface area contributed by atoms with Gasteiger partial charge in [0.15, 0.2) is 5.16 Å². The highest BCUT2D eigenvalue weighted by Crippen LogP contribution is 2.31. The number of hydrogen-bond acceptors (Lipinski definition) is 3. The van der Waals surface area contributed by atoms with Gasteiger partial charge in [0.1, 0.15) is 0 Å². The van der Waals surface area contributed by atoms with Crippen LogP contribution in [0.5, 0.6) is 0 Å². The van der Waals surface area contributed by atoms with Gasteiger partial charge >= 0.3 is 5.97 Å². The molecule has 0 fully saturated rings. The van der Waals surface area contributed by atoms with E-state index in [9.17, 15) is 4.79 Å². The normalized spacial score (nSPS) is 10.6. The number of benzene rings is 1. The molecule has 0 amide bonds. The highest BCUT2D eigenvalue weighted by Gasteiger charge is 2.12. The number of aliphatic carboxylic acids is 1. The van der Waals surface area contributed by atoms with Crippen LogP contribution in [0.4, 0.5) is 0 Å². The molecule has 1 heterocycles. The monoisotopic (exact) mass is 390 g/mol. The first-order chi connectivity index (χ1) is 8.59. The zero-order valence-electron chi connectivity index (χ0n) is 9.01. The summed E-state index contributed by atoms with van der Waals surface area (Å²) in [4.78, 5) is 14.8. The number of carbonyl (C=O) groups is 1. The molecule has 0 spiro atoms. The Morgan fingerprint density at radius 2 is 2.06 bits per heavy atom. The molecule has 2 rings (SSSR count).